The van der Waals surface area contributed by atoms with Crippen LogP contribution in [0.1, 0.15) is 39.0 Å². The van der Waals surface area contributed by atoms with Crippen LogP contribution in [0.15, 0.2) is 0 Å². The molecule has 0 atom stereocenters. The van der Waals surface area contributed by atoms with E-state index in [4.69, 9.17) is 0 Å². The van der Waals surface area contributed by atoms with E-state index >= 15 is 0 Å². The molecule has 1 aliphatic carbocycles. The van der Waals surface area contributed by atoms with Crippen molar-refractivity contribution in [2.45, 2.75) is 51.1 Å². The van der Waals surface area contributed by atoms with Crippen LogP contribution in [0, 0.1) is 0 Å². The Kier molecular flexibility index (Phi) is 4.64. The van der Waals surface area contributed by atoms with Gasteiger partial charge in [0.2, 0.25) is 0 Å². The van der Waals surface area contributed by atoms with Gasteiger partial charge in [0.15, 0.2) is 0 Å². The summed E-state index contributed by atoms with van der Waals surface area (Å²) in [6.45, 7) is -0.188. The summed E-state index contributed by atoms with van der Waals surface area (Å²) in [5, 5.41) is 0. The van der Waals surface area contributed by atoms with Crippen molar-refractivity contribution in [2.24, 2.45) is 0 Å². The molecule has 0 aromatic carbocycles. The standard InChI is InChI=1S/C5H10.C3H3F5/c1-2-4-5-3-1;1-2(4,5)3(6,7)8/h1-5H2;1H3. The minimum absolute atomic E-state index is 0.188. The summed E-state index contributed by atoms with van der Waals surface area (Å²) in [4.78, 5) is 0. The van der Waals surface area contributed by atoms with Gasteiger partial charge in [0.1, 0.15) is 0 Å². The molecular formula is C8H13F5. The summed E-state index contributed by atoms with van der Waals surface area (Å²) in [5.74, 6) is -4.56. The lowest BCUT2D eigenvalue weighted by molar-refractivity contribution is -0.273. The van der Waals surface area contributed by atoms with Gasteiger partial charge in [-0.05, 0) is 0 Å². The molecule has 1 rings (SSSR count). The Morgan fingerprint density at radius 2 is 0.846 bits per heavy atom. The Morgan fingerprint density at radius 1 is 0.692 bits per heavy atom. The van der Waals surface area contributed by atoms with Crippen molar-refractivity contribution >= 4 is 0 Å². The zero-order valence-corrected chi connectivity index (χ0v) is 7.43. The van der Waals surface area contributed by atoms with Crippen molar-refractivity contribution in [2.75, 3.05) is 0 Å². The van der Waals surface area contributed by atoms with Crippen LogP contribution in [0.3, 0.4) is 0 Å². The maximum atomic E-state index is 11.1. The van der Waals surface area contributed by atoms with Crippen LogP contribution in [-0.2, 0) is 0 Å². The predicted molar refractivity (Wildman–Crippen MR) is 39.8 cm³/mol. The highest BCUT2D eigenvalue weighted by molar-refractivity contribution is 4.67. The van der Waals surface area contributed by atoms with Crippen molar-refractivity contribution < 1.29 is 22.0 Å². The van der Waals surface area contributed by atoms with E-state index in [0.29, 0.717) is 0 Å². The quantitative estimate of drug-likeness (QED) is 0.520. The monoisotopic (exact) mass is 204 g/mol. The summed E-state index contributed by atoms with van der Waals surface area (Å²) in [7, 11) is 0. The van der Waals surface area contributed by atoms with E-state index in [0.717, 1.165) is 0 Å². The van der Waals surface area contributed by atoms with E-state index < -0.39 is 12.1 Å². The van der Waals surface area contributed by atoms with Gasteiger partial charge >= 0.3 is 12.1 Å². The molecule has 0 aliphatic heterocycles. The number of alkyl halides is 5. The SMILES string of the molecule is C1CCCC1.CC(F)(F)C(F)(F)F. The molecule has 1 aliphatic rings. The van der Waals surface area contributed by atoms with Crippen LogP contribution >= 0.6 is 0 Å². The van der Waals surface area contributed by atoms with Crippen LogP contribution in [0.2, 0.25) is 0 Å². The first-order valence-corrected chi connectivity index (χ1v) is 4.19. The van der Waals surface area contributed by atoms with E-state index in [1.54, 1.807) is 0 Å². The van der Waals surface area contributed by atoms with Gasteiger partial charge in [-0.15, -0.1) is 0 Å². The van der Waals surface area contributed by atoms with Crippen LogP contribution in [-0.4, -0.2) is 12.1 Å². The van der Waals surface area contributed by atoms with E-state index in [1.165, 1.54) is 32.1 Å². The van der Waals surface area contributed by atoms with Crippen molar-refractivity contribution in [3.63, 3.8) is 0 Å². The van der Waals surface area contributed by atoms with Gasteiger partial charge in [-0.2, -0.15) is 22.0 Å². The lowest BCUT2D eigenvalue weighted by Gasteiger charge is -2.12. The Morgan fingerprint density at radius 3 is 0.923 bits per heavy atom. The lowest BCUT2D eigenvalue weighted by Crippen LogP contribution is -2.32. The van der Waals surface area contributed by atoms with Crippen LogP contribution in [0.25, 0.3) is 0 Å². The van der Waals surface area contributed by atoms with Crippen molar-refractivity contribution in [3.8, 4) is 0 Å². The molecule has 0 radical (unpaired) electrons. The zero-order valence-electron chi connectivity index (χ0n) is 7.43. The van der Waals surface area contributed by atoms with Gasteiger partial charge in [0, 0.05) is 6.92 Å². The number of hydrogen-bond donors (Lipinski definition) is 0. The maximum Gasteiger partial charge on any atom is 0.452 e. The molecule has 5 heteroatoms. The first kappa shape index (κ1) is 12.7. The highest BCUT2D eigenvalue weighted by Crippen LogP contribution is 2.34. The molecule has 0 amide bonds. The second-order valence-electron chi connectivity index (χ2n) is 3.15. The third kappa shape index (κ3) is 5.82. The minimum Gasteiger partial charge on any atom is -0.197 e. The first-order valence-electron chi connectivity index (χ1n) is 4.19. The van der Waals surface area contributed by atoms with Crippen LogP contribution < -0.4 is 0 Å². The molecule has 1 fully saturated rings. The fourth-order valence-corrected chi connectivity index (χ4v) is 0.884. The van der Waals surface area contributed by atoms with Crippen molar-refractivity contribution in [3.05, 3.63) is 0 Å². The van der Waals surface area contributed by atoms with Gasteiger partial charge < -0.3 is 0 Å². The lowest BCUT2D eigenvalue weighted by atomic mass is 10.4. The zero-order chi connectivity index (χ0) is 10.5. The molecule has 1 saturated carbocycles. The van der Waals surface area contributed by atoms with Crippen LogP contribution in [0.5, 0.6) is 0 Å². The maximum absolute atomic E-state index is 11.1. The first-order chi connectivity index (χ1) is 5.75. The summed E-state index contributed by atoms with van der Waals surface area (Å²) in [5.41, 5.74) is 0. The van der Waals surface area contributed by atoms with E-state index in [2.05, 4.69) is 0 Å². The average molecular weight is 204 g/mol. The topological polar surface area (TPSA) is 0 Å². The molecule has 0 nitrogen and oxygen atoms in total. The van der Waals surface area contributed by atoms with Gasteiger partial charge in [0.25, 0.3) is 0 Å². The third-order valence-corrected chi connectivity index (χ3v) is 1.75. The smallest absolute Gasteiger partial charge is 0.197 e. The van der Waals surface area contributed by atoms with Crippen molar-refractivity contribution in [1.82, 2.24) is 0 Å². The largest absolute Gasteiger partial charge is 0.452 e. The van der Waals surface area contributed by atoms with Crippen LogP contribution in [0.4, 0.5) is 22.0 Å². The summed E-state index contributed by atoms with van der Waals surface area (Å²) >= 11 is 0. The molecule has 0 aromatic rings. The molecule has 0 aromatic heterocycles. The Labute approximate surface area is 74.1 Å². The van der Waals surface area contributed by atoms with Gasteiger partial charge in [-0.3, -0.25) is 0 Å². The van der Waals surface area contributed by atoms with E-state index in [1.807, 2.05) is 0 Å². The van der Waals surface area contributed by atoms with Gasteiger partial charge in [-0.1, -0.05) is 32.1 Å². The Balaban J connectivity index is 0.000000243. The average Bonchev–Trinajstić information content (AvgIpc) is 2.35. The molecule has 0 N–H and O–H groups in total. The molecule has 13 heavy (non-hydrogen) atoms. The highest BCUT2D eigenvalue weighted by Gasteiger charge is 2.52. The summed E-state index contributed by atoms with van der Waals surface area (Å²) in [6.07, 6.45) is 2.10. The number of halogens is 5. The number of hydrogen-bond acceptors (Lipinski definition) is 0. The predicted octanol–water partition coefficient (Wildman–Crippen LogP) is 4.15. The third-order valence-electron chi connectivity index (χ3n) is 1.75. The Hall–Kier alpha value is -0.350. The van der Waals surface area contributed by atoms with E-state index in [9.17, 15) is 22.0 Å². The van der Waals surface area contributed by atoms with E-state index in [-0.39, 0.29) is 6.92 Å². The number of rotatable bonds is 0. The molecule has 0 saturated heterocycles. The molecule has 0 heterocycles. The fraction of sp³-hybridized carbons (Fsp3) is 1.00. The molecule has 80 valence electrons. The summed E-state index contributed by atoms with van der Waals surface area (Å²) < 4.78 is 54.6. The normalized spacial score (nSPS) is 18.0. The second kappa shape index (κ2) is 4.77. The second-order valence-corrected chi connectivity index (χ2v) is 3.15. The Bertz CT molecular complexity index is 109. The van der Waals surface area contributed by atoms with Crippen molar-refractivity contribution in [1.29, 1.82) is 0 Å². The fourth-order valence-electron chi connectivity index (χ4n) is 0.884. The highest BCUT2D eigenvalue weighted by atomic mass is 19.4. The summed E-state index contributed by atoms with van der Waals surface area (Å²) in [6, 6.07) is 0. The molecule has 0 spiro atoms. The molecule has 0 bridgehead atoms. The van der Waals surface area contributed by atoms with Gasteiger partial charge in [-0.25, -0.2) is 0 Å². The molecule has 0 unspecified atom stereocenters. The molecular weight excluding hydrogens is 191 g/mol. The van der Waals surface area contributed by atoms with Gasteiger partial charge in [0.05, 0.1) is 0 Å². The minimum atomic E-state index is -5.40.